The van der Waals surface area contributed by atoms with E-state index >= 15 is 0 Å². The van der Waals surface area contributed by atoms with E-state index < -0.39 is 0 Å². The maximum atomic E-state index is 5.50. The van der Waals surface area contributed by atoms with Crippen LogP contribution < -0.4 is 10.1 Å². The van der Waals surface area contributed by atoms with Gasteiger partial charge in [0.15, 0.2) is 0 Å². The van der Waals surface area contributed by atoms with Crippen LogP contribution in [-0.4, -0.2) is 38.2 Å². The molecule has 1 aromatic carbocycles. The predicted molar refractivity (Wildman–Crippen MR) is 75.1 cm³/mol. The standard InChI is InChI=1S/C15H24N2O/c1-4-18-13-9-7-12(8-10-13)15(17(2)3)14-6-5-11-16-14/h7-10,14-16H,4-6,11H2,1-3H3. The third kappa shape index (κ3) is 3.03. The van der Waals surface area contributed by atoms with Crippen molar-refractivity contribution in [2.24, 2.45) is 0 Å². The first-order valence-corrected chi connectivity index (χ1v) is 6.85. The molecule has 1 fully saturated rings. The highest BCUT2D eigenvalue weighted by Crippen LogP contribution is 2.28. The summed E-state index contributed by atoms with van der Waals surface area (Å²) in [6.45, 7) is 3.88. The van der Waals surface area contributed by atoms with Gasteiger partial charge in [-0.1, -0.05) is 12.1 Å². The highest BCUT2D eigenvalue weighted by atomic mass is 16.5. The summed E-state index contributed by atoms with van der Waals surface area (Å²) in [5, 5.41) is 3.60. The first kappa shape index (κ1) is 13.4. The Bertz CT molecular complexity index is 355. The average molecular weight is 248 g/mol. The van der Waals surface area contributed by atoms with Gasteiger partial charge in [0.25, 0.3) is 0 Å². The third-order valence-electron chi connectivity index (χ3n) is 3.57. The molecule has 0 radical (unpaired) electrons. The lowest BCUT2D eigenvalue weighted by molar-refractivity contribution is 0.244. The minimum Gasteiger partial charge on any atom is -0.494 e. The van der Waals surface area contributed by atoms with E-state index in [1.54, 1.807) is 0 Å². The number of hydrogen-bond donors (Lipinski definition) is 1. The second-order valence-corrected chi connectivity index (χ2v) is 5.11. The second-order valence-electron chi connectivity index (χ2n) is 5.11. The van der Waals surface area contributed by atoms with Gasteiger partial charge < -0.3 is 15.0 Å². The summed E-state index contributed by atoms with van der Waals surface area (Å²) in [5.41, 5.74) is 1.36. The van der Waals surface area contributed by atoms with Crippen LogP contribution in [0.3, 0.4) is 0 Å². The van der Waals surface area contributed by atoms with Gasteiger partial charge in [-0.15, -0.1) is 0 Å². The molecule has 2 unspecified atom stereocenters. The minimum atomic E-state index is 0.447. The van der Waals surface area contributed by atoms with Gasteiger partial charge in [0.1, 0.15) is 5.75 Å². The SMILES string of the molecule is CCOc1ccc(C(C2CCCN2)N(C)C)cc1. The Hall–Kier alpha value is -1.06. The number of rotatable bonds is 5. The molecular weight excluding hydrogens is 224 g/mol. The molecule has 1 aliphatic heterocycles. The second kappa shape index (κ2) is 6.21. The van der Waals surface area contributed by atoms with Crippen molar-refractivity contribution in [3.63, 3.8) is 0 Å². The van der Waals surface area contributed by atoms with Crippen LogP contribution in [0.4, 0.5) is 0 Å². The molecule has 0 spiro atoms. The molecule has 1 N–H and O–H groups in total. The van der Waals surface area contributed by atoms with Crippen LogP contribution in [0.1, 0.15) is 31.4 Å². The van der Waals surface area contributed by atoms with Gasteiger partial charge in [0.05, 0.1) is 6.61 Å². The molecule has 18 heavy (non-hydrogen) atoms. The van der Waals surface area contributed by atoms with Gasteiger partial charge in [-0.2, -0.15) is 0 Å². The van der Waals surface area contributed by atoms with Gasteiger partial charge in [0, 0.05) is 12.1 Å². The normalized spacial score (nSPS) is 21.2. The lowest BCUT2D eigenvalue weighted by Crippen LogP contribution is -2.37. The van der Waals surface area contributed by atoms with E-state index in [1.165, 1.54) is 18.4 Å². The van der Waals surface area contributed by atoms with Gasteiger partial charge in [-0.05, 0) is 58.1 Å². The van der Waals surface area contributed by atoms with E-state index in [1.807, 2.05) is 6.92 Å². The molecule has 1 heterocycles. The van der Waals surface area contributed by atoms with Crippen LogP contribution in [0.5, 0.6) is 5.75 Å². The zero-order chi connectivity index (χ0) is 13.0. The summed E-state index contributed by atoms with van der Waals surface area (Å²) in [4.78, 5) is 2.30. The van der Waals surface area contributed by atoms with Crippen molar-refractivity contribution in [2.75, 3.05) is 27.2 Å². The third-order valence-corrected chi connectivity index (χ3v) is 3.57. The van der Waals surface area contributed by atoms with E-state index in [4.69, 9.17) is 4.74 Å². The van der Waals surface area contributed by atoms with Gasteiger partial charge in [-0.25, -0.2) is 0 Å². The summed E-state index contributed by atoms with van der Waals surface area (Å²) in [6, 6.07) is 9.54. The molecule has 0 saturated carbocycles. The highest BCUT2D eigenvalue weighted by Gasteiger charge is 2.27. The van der Waals surface area contributed by atoms with Crippen LogP contribution in [0, 0.1) is 0 Å². The van der Waals surface area contributed by atoms with Crippen LogP contribution in [0.15, 0.2) is 24.3 Å². The molecule has 1 saturated heterocycles. The molecule has 3 heteroatoms. The molecule has 3 nitrogen and oxygen atoms in total. The van der Waals surface area contributed by atoms with Crippen molar-refractivity contribution in [3.8, 4) is 5.75 Å². The van der Waals surface area contributed by atoms with Crippen molar-refractivity contribution >= 4 is 0 Å². The van der Waals surface area contributed by atoms with Crippen molar-refractivity contribution in [1.82, 2.24) is 10.2 Å². The molecular formula is C15H24N2O. The Morgan fingerprint density at radius 2 is 2.06 bits per heavy atom. The largest absolute Gasteiger partial charge is 0.494 e. The Morgan fingerprint density at radius 3 is 2.56 bits per heavy atom. The zero-order valence-electron chi connectivity index (χ0n) is 11.6. The van der Waals surface area contributed by atoms with Gasteiger partial charge in [0.2, 0.25) is 0 Å². The van der Waals surface area contributed by atoms with Gasteiger partial charge in [-0.3, -0.25) is 0 Å². The quantitative estimate of drug-likeness (QED) is 0.866. The fourth-order valence-corrected chi connectivity index (χ4v) is 2.80. The van der Waals surface area contributed by atoms with Crippen LogP contribution in [-0.2, 0) is 0 Å². The lowest BCUT2D eigenvalue weighted by Gasteiger charge is -2.30. The average Bonchev–Trinajstić information content (AvgIpc) is 2.85. The van der Waals surface area contributed by atoms with Crippen LogP contribution >= 0.6 is 0 Å². The first-order valence-electron chi connectivity index (χ1n) is 6.85. The molecule has 2 rings (SSSR count). The number of nitrogens with zero attached hydrogens (tertiary/aromatic N) is 1. The maximum Gasteiger partial charge on any atom is 0.119 e. The number of benzene rings is 1. The molecule has 1 aromatic rings. The lowest BCUT2D eigenvalue weighted by atomic mass is 9.97. The van der Waals surface area contributed by atoms with E-state index in [9.17, 15) is 0 Å². The van der Waals surface area contributed by atoms with Crippen LogP contribution in [0.25, 0.3) is 0 Å². The fraction of sp³-hybridized carbons (Fsp3) is 0.600. The molecule has 1 aliphatic rings. The molecule has 0 amide bonds. The summed E-state index contributed by atoms with van der Waals surface area (Å²) >= 11 is 0. The van der Waals surface area contributed by atoms with Crippen molar-refractivity contribution in [1.29, 1.82) is 0 Å². The summed E-state index contributed by atoms with van der Waals surface area (Å²) < 4.78 is 5.50. The summed E-state index contributed by atoms with van der Waals surface area (Å²) in [7, 11) is 4.31. The van der Waals surface area contributed by atoms with Crippen LogP contribution in [0.2, 0.25) is 0 Å². The molecule has 0 aliphatic carbocycles. The fourth-order valence-electron chi connectivity index (χ4n) is 2.80. The van der Waals surface area contributed by atoms with Gasteiger partial charge >= 0.3 is 0 Å². The number of hydrogen-bond acceptors (Lipinski definition) is 3. The molecule has 0 bridgehead atoms. The Kier molecular flexibility index (Phi) is 4.61. The van der Waals surface area contributed by atoms with E-state index in [-0.39, 0.29) is 0 Å². The Morgan fingerprint density at radius 1 is 1.33 bits per heavy atom. The van der Waals surface area contributed by atoms with Crippen molar-refractivity contribution in [3.05, 3.63) is 29.8 Å². The summed E-state index contributed by atoms with van der Waals surface area (Å²) in [5.74, 6) is 0.957. The van der Waals surface area contributed by atoms with Crippen molar-refractivity contribution in [2.45, 2.75) is 31.8 Å². The van der Waals surface area contributed by atoms with Crippen molar-refractivity contribution < 1.29 is 4.74 Å². The Labute approximate surface area is 110 Å². The predicted octanol–water partition coefficient (Wildman–Crippen LogP) is 2.44. The maximum absolute atomic E-state index is 5.50. The minimum absolute atomic E-state index is 0.447. The summed E-state index contributed by atoms with van der Waals surface area (Å²) in [6.07, 6.45) is 2.54. The van der Waals surface area contributed by atoms with E-state index in [0.717, 1.165) is 18.9 Å². The number of nitrogens with one attached hydrogen (secondary N) is 1. The first-order chi connectivity index (χ1) is 8.72. The molecule has 100 valence electrons. The monoisotopic (exact) mass is 248 g/mol. The smallest absolute Gasteiger partial charge is 0.119 e. The molecule has 2 atom stereocenters. The number of likely N-dealkylation sites (N-methyl/N-ethyl adjacent to an activating group) is 1. The van der Waals surface area contributed by atoms with E-state index in [2.05, 4.69) is 48.6 Å². The molecule has 0 aromatic heterocycles. The highest BCUT2D eigenvalue weighted by molar-refractivity contribution is 5.30. The zero-order valence-corrected chi connectivity index (χ0v) is 11.6. The topological polar surface area (TPSA) is 24.5 Å². The number of ether oxygens (including phenoxy) is 1. The Balaban J connectivity index is 2.14. The van der Waals surface area contributed by atoms with E-state index in [0.29, 0.717) is 12.1 Å².